The number of benzene rings is 1. The van der Waals surface area contributed by atoms with Crippen LogP contribution >= 0.6 is 0 Å². The fourth-order valence-electron chi connectivity index (χ4n) is 1.53. The average Bonchev–Trinajstić information content (AvgIpc) is 2.35. The molecule has 1 heterocycles. The highest BCUT2D eigenvalue weighted by atomic mass is 16.6. The number of allylic oxidation sites excluding steroid dienone is 1. The summed E-state index contributed by atoms with van der Waals surface area (Å²) in [5, 5.41) is 0. The molecule has 1 aromatic rings. The summed E-state index contributed by atoms with van der Waals surface area (Å²) in [4.78, 5) is 11.6. The zero-order valence-electron chi connectivity index (χ0n) is 9.23. The van der Waals surface area contributed by atoms with E-state index in [1.807, 2.05) is 31.2 Å². The molecule has 1 aliphatic heterocycles. The van der Waals surface area contributed by atoms with E-state index in [4.69, 9.17) is 9.47 Å². The minimum atomic E-state index is -0.378. The van der Waals surface area contributed by atoms with Gasteiger partial charge in [0.15, 0.2) is 0 Å². The number of rotatable bonds is 3. The first-order valence-corrected chi connectivity index (χ1v) is 5.44. The Morgan fingerprint density at radius 3 is 3.06 bits per heavy atom. The predicted octanol–water partition coefficient (Wildman–Crippen LogP) is 2.46. The molecule has 2 rings (SSSR count). The molecule has 0 fully saturated rings. The first kappa shape index (κ1) is 10.7. The second-order valence-electron chi connectivity index (χ2n) is 3.62. The second kappa shape index (κ2) is 4.84. The predicted molar refractivity (Wildman–Crippen MR) is 60.1 cm³/mol. The Kier molecular flexibility index (Phi) is 3.25. The maximum absolute atomic E-state index is 11.6. The van der Waals surface area contributed by atoms with Gasteiger partial charge < -0.3 is 9.47 Å². The van der Waals surface area contributed by atoms with Crippen molar-refractivity contribution in [2.75, 3.05) is 6.61 Å². The van der Waals surface area contributed by atoms with Crippen molar-refractivity contribution >= 4 is 5.97 Å². The van der Waals surface area contributed by atoms with Crippen LogP contribution < -0.4 is 4.74 Å². The maximum Gasteiger partial charge on any atom is 0.373 e. The van der Waals surface area contributed by atoms with E-state index >= 15 is 0 Å². The van der Waals surface area contributed by atoms with Crippen molar-refractivity contribution in [2.45, 2.75) is 19.8 Å². The van der Waals surface area contributed by atoms with E-state index < -0.39 is 0 Å². The van der Waals surface area contributed by atoms with Gasteiger partial charge in [0.25, 0.3) is 0 Å². The van der Waals surface area contributed by atoms with Crippen molar-refractivity contribution in [1.29, 1.82) is 0 Å². The second-order valence-corrected chi connectivity index (χ2v) is 3.62. The van der Waals surface area contributed by atoms with Gasteiger partial charge in [-0.1, -0.05) is 25.1 Å². The van der Waals surface area contributed by atoms with Gasteiger partial charge in [0.1, 0.15) is 5.75 Å². The van der Waals surface area contributed by atoms with Crippen LogP contribution in [0.1, 0.15) is 18.9 Å². The Hall–Kier alpha value is -1.77. The molecule has 0 saturated carbocycles. The molecular weight excluding hydrogens is 204 g/mol. The molecule has 0 amide bonds. The number of carbonyl (C=O) groups is 1. The molecule has 0 N–H and O–H groups in total. The first-order chi connectivity index (χ1) is 7.81. The lowest BCUT2D eigenvalue weighted by atomic mass is 10.1. The summed E-state index contributed by atoms with van der Waals surface area (Å²) in [5.74, 6) is 0.664. The summed E-state index contributed by atoms with van der Waals surface area (Å²) >= 11 is 0. The summed E-state index contributed by atoms with van der Waals surface area (Å²) in [6, 6.07) is 7.69. The van der Waals surface area contributed by atoms with Gasteiger partial charge in [-0.15, -0.1) is 0 Å². The molecule has 0 unspecified atom stereocenters. The van der Waals surface area contributed by atoms with E-state index in [0.29, 0.717) is 18.8 Å². The van der Waals surface area contributed by atoms with Gasteiger partial charge in [0.05, 0.1) is 6.61 Å². The monoisotopic (exact) mass is 218 g/mol. The third-order valence-electron chi connectivity index (χ3n) is 2.34. The van der Waals surface area contributed by atoms with Gasteiger partial charge in [-0.3, -0.25) is 0 Å². The lowest BCUT2D eigenvalue weighted by Crippen LogP contribution is -2.16. The molecule has 0 saturated heterocycles. The third kappa shape index (κ3) is 2.24. The van der Waals surface area contributed by atoms with Gasteiger partial charge in [0, 0.05) is 0 Å². The van der Waals surface area contributed by atoms with Crippen LogP contribution in [0.2, 0.25) is 0 Å². The van der Waals surface area contributed by atoms with Crippen LogP contribution in [0.25, 0.3) is 0 Å². The molecule has 1 aliphatic rings. The van der Waals surface area contributed by atoms with Gasteiger partial charge in [-0.2, -0.15) is 0 Å². The number of hydrogen-bond donors (Lipinski definition) is 0. The van der Waals surface area contributed by atoms with Crippen LogP contribution in [0, 0.1) is 0 Å². The highest BCUT2D eigenvalue weighted by Crippen LogP contribution is 2.26. The Morgan fingerprint density at radius 2 is 2.25 bits per heavy atom. The van der Waals surface area contributed by atoms with Crippen molar-refractivity contribution in [1.82, 2.24) is 0 Å². The van der Waals surface area contributed by atoms with Crippen molar-refractivity contribution < 1.29 is 14.3 Å². The molecule has 0 radical (unpaired) electrons. The molecule has 0 atom stereocenters. The van der Waals surface area contributed by atoms with Crippen molar-refractivity contribution in [3.05, 3.63) is 41.7 Å². The minimum absolute atomic E-state index is 0.298. The molecular formula is C13H14O3. The van der Waals surface area contributed by atoms with E-state index in [1.54, 1.807) is 6.08 Å². The number of carbonyl (C=O) groups excluding carboxylic acids is 1. The summed E-state index contributed by atoms with van der Waals surface area (Å²) in [7, 11) is 0. The largest absolute Gasteiger partial charge is 0.460 e. The topological polar surface area (TPSA) is 35.5 Å². The molecule has 1 aromatic carbocycles. The zero-order valence-corrected chi connectivity index (χ0v) is 9.23. The van der Waals surface area contributed by atoms with E-state index in [1.165, 1.54) is 0 Å². The smallest absolute Gasteiger partial charge is 0.373 e. The molecule has 84 valence electrons. The lowest BCUT2D eigenvalue weighted by Gasteiger charge is -2.16. The van der Waals surface area contributed by atoms with Gasteiger partial charge in [-0.05, 0) is 30.5 Å². The Bertz CT molecular complexity index is 421. The molecule has 0 bridgehead atoms. The quantitative estimate of drug-likeness (QED) is 0.731. The van der Waals surface area contributed by atoms with Crippen LogP contribution in [-0.4, -0.2) is 12.6 Å². The molecule has 16 heavy (non-hydrogen) atoms. The number of para-hydroxylation sites is 1. The van der Waals surface area contributed by atoms with Crippen LogP contribution in [0.5, 0.6) is 5.75 Å². The number of hydrogen-bond acceptors (Lipinski definition) is 3. The Morgan fingerprint density at radius 1 is 1.44 bits per heavy atom. The maximum atomic E-state index is 11.6. The number of ether oxygens (including phenoxy) is 2. The van der Waals surface area contributed by atoms with E-state index in [9.17, 15) is 4.79 Å². The summed E-state index contributed by atoms with van der Waals surface area (Å²) in [6.07, 6.45) is 3.29. The summed E-state index contributed by atoms with van der Waals surface area (Å²) in [6.45, 7) is 2.39. The van der Waals surface area contributed by atoms with Crippen LogP contribution in [0.3, 0.4) is 0 Å². The fraction of sp³-hybridized carbons (Fsp3) is 0.308. The molecule has 0 aliphatic carbocycles. The molecule has 3 heteroatoms. The number of esters is 1. The van der Waals surface area contributed by atoms with Gasteiger partial charge in [-0.25, -0.2) is 4.79 Å². The van der Waals surface area contributed by atoms with E-state index in [0.717, 1.165) is 17.7 Å². The minimum Gasteiger partial charge on any atom is -0.460 e. The highest BCUT2D eigenvalue weighted by Gasteiger charge is 2.18. The SMILES string of the molecule is CCCOC(=O)C1=CCc2ccccc2O1. The van der Waals surface area contributed by atoms with E-state index in [-0.39, 0.29) is 5.97 Å². The van der Waals surface area contributed by atoms with Crippen molar-refractivity contribution in [3.8, 4) is 5.75 Å². The molecule has 0 aromatic heterocycles. The average molecular weight is 218 g/mol. The van der Waals surface area contributed by atoms with Crippen LogP contribution in [-0.2, 0) is 16.0 Å². The van der Waals surface area contributed by atoms with E-state index in [2.05, 4.69) is 0 Å². The summed E-state index contributed by atoms with van der Waals surface area (Å²) in [5.41, 5.74) is 1.09. The van der Waals surface area contributed by atoms with Crippen molar-refractivity contribution in [3.63, 3.8) is 0 Å². The third-order valence-corrected chi connectivity index (χ3v) is 2.34. The van der Waals surface area contributed by atoms with Crippen LogP contribution in [0.15, 0.2) is 36.1 Å². The molecule has 0 spiro atoms. The Labute approximate surface area is 94.7 Å². The first-order valence-electron chi connectivity index (χ1n) is 5.44. The lowest BCUT2D eigenvalue weighted by molar-refractivity contribution is -0.141. The zero-order chi connectivity index (χ0) is 11.4. The van der Waals surface area contributed by atoms with Crippen molar-refractivity contribution in [2.24, 2.45) is 0 Å². The fourth-order valence-corrected chi connectivity index (χ4v) is 1.53. The normalized spacial score (nSPS) is 13.4. The van der Waals surface area contributed by atoms with Gasteiger partial charge >= 0.3 is 5.97 Å². The standard InChI is InChI=1S/C13H14O3/c1-2-9-15-13(14)12-8-7-10-5-3-4-6-11(10)16-12/h3-6,8H,2,7,9H2,1H3. The Balaban J connectivity index is 2.06. The van der Waals surface area contributed by atoms with Crippen LogP contribution in [0.4, 0.5) is 0 Å². The highest BCUT2D eigenvalue weighted by molar-refractivity contribution is 5.87. The summed E-state index contributed by atoms with van der Waals surface area (Å²) < 4.78 is 10.5. The number of fused-ring (bicyclic) bond motifs is 1. The van der Waals surface area contributed by atoms with Gasteiger partial charge in [0.2, 0.25) is 5.76 Å². The molecule has 3 nitrogen and oxygen atoms in total.